The molecule has 3 rings (SSSR count). The van der Waals surface area contributed by atoms with Gasteiger partial charge in [-0.1, -0.05) is 0 Å². The Morgan fingerprint density at radius 2 is 1.77 bits per heavy atom. The Balaban J connectivity index is 2.14. The molecular weight excluding hydrogens is 412 g/mol. The number of hydrogen-bond acceptors (Lipinski definition) is 12. The fourth-order valence-electron chi connectivity index (χ4n) is 3.03. The van der Waals surface area contributed by atoms with Crippen LogP contribution in [0.4, 0.5) is 0 Å². The monoisotopic (exact) mass is 428 g/mol. The van der Waals surface area contributed by atoms with Gasteiger partial charge in [-0.25, -0.2) is 9.36 Å². The van der Waals surface area contributed by atoms with E-state index < -0.39 is 71.5 Å². The number of aromatic amines is 1. The quantitative estimate of drug-likeness (QED) is 0.302. The third kappa shape index (κ3) is 3.86. The van der Waals surface area contributed by atoms with Crippen LogP contribution in [0, 0.1) is 5.21 Å². The maximum Gasteiger partial charge on any atom is 0.334 e. The van der Waals surface area contributed by atoms with Crippen molar-refractivity contribution in [2.24, 2.45) is 0 Å². The molecule has 3 heterocycles. The fraction of sp³-hybridized carbons (Fsp3) is 0.533. The molecule has 0 amide bonds. The molecule has 1 fully saturated rings. The lowest BCUT2D eigenvalue weighted by Crippen LogP contribution is -2.43. The number of fused-ring (bicyclic) bond motifs is 1. The molecule has 0 aromatic carbocycles. The predicted molar refractivity (Wildman–Crippen MR) is 89.5 cm³/mol. The Morgan fingerprint density at radius 1 is 1.13 bits per heavy atom. The van der Waals surface area contributed by atoms with Gasteiger partial charge in [0, 0.05) is 20.8 Å². The molecule has 2 aromatic heterocycles. The Labute approximate surface area is 165 Å². The van der Waals surface area contributed by atoms with Crippen LogP contribution in [-0.4, -0.2) is 57.5 Å². The van der Waals surface area contributed by atoms with Crippen molar-refractivity contribution in [1.82, 2.24) is 14.7 Å². The molecule has 0 aliphatic carbocycles. The summed E-state index contributed by atoms with van der Waals surface area (Å²) in [5.41, 5.74) is -3.29. The summed E-state index contributed by atoms with van der Waals surface area (Å²) in [6.45, 7) is 2.87. The number of carbonyl (C=O) groups excluding carboxylic acids is 3. The number of rotatable bonds is 5. The zero-order valence-corrected chi connectivity index (χ0v) is 15.8. The molecule has 1 N–H and O–H groups in total. The van der Waals surface area contributed by atoms with Crippen LogP contribution in [0.15, 0.2) is 14.2 Å². The molecule has 2 aromatic rings. The zero-order chi connectivity index (χ0) is 22.2. The Bertz CT molecular complexity index is 1120. The van der Waals surface area contributed by atoms with E-state index in [0.717, 1.165) is 20.8 Å². The van der Waals surface area contributed by atoms with Crippen molar-refractivity contribution in [3.63, 3.8) is 0 Å². The van der Waals surface area contributed by atoms with Crippen LogP contribution in [0.5, 0.6) is 0 Å². The molecule has 1 saturated heterocycles. The SMILES string of the molecule is CC(=O)OC[C@H]1O[C@@H](n2c(=O)[nH]c(=O)c3c2no[n+]3[O-])[C@H](OC(C)=O)[C@H]1OC(C)=O. The molecule has 0 saturated carbocycles. The smallest absolute Gasteiger partial charge is 0.334 e. The number of carbonyl (C=O) groups is 3. The molecule has 4 atom stereocenters. The molecule has 0 radical (unpaired) electrons. The first-order valence-electron chi connectivity index (χ1n) is 8.47. The van der Waals surface area contributed by atoms with Crippen LogP contribution in [0.25, 0.3) is 11.2 Å². The van der Waals surface area contributed by atoms with E-state index in [2.05, 4.69) is 9.79 Å². The predicted octanol–water partition coefficient (Wildman–Crippen LogP) is -2.36. The number of ether oxygens (including phenoxy) is 4. The Hall–Kier alpha value is -3.75. The average Bonchev–Trinajstić information content (AvgIpc) is 3.15. The fourth-order valence-corrected chi connectivity index (χ4v) is 3.03. The third-order valence-corrected chi connectivity index (χ3v) is 4.07. The minimum absolute atomic E-state index is 0.222. The van der Waals surface area contributed by atoms with E-state index in [1.165, 1.54) is 0 Å². The molecule has 0 bridgehead atoms. The highest BCUT2D eigenvalue weighted by molar-refractivity contribution is 5.68. The van der Waals surface area contributed by atoms with E-state index in [1.807, 2.05) is 4.98 Å². The molecule has 0 spiro atoms. The summed E-state index contributed by atoms with van der Waals surface area (Å²) in [5, 5.41) is 15.1. The topological polar surface area (TPSA) is 196 Å². The van der Waals surface area contributed by atoms with E-state index in [1.54, 1.807) is 0 Å². The van der Waals surface area contributed by atoms with E-state index >= 15 is 0 Å². The van der Waals surface area contributed by atoms with Crippen molar-refractivity contribution in [1.29, 1.82) is 0 Å². The maximum absolute atomic E-state index is 12.5. The van der Waals surface area contributed by atoms with E-state index in [4.69, 9.17) is 18.9 Å². The summed E-state index contributed by atoms with van der Waals surface area (Å²) >= 11 is 0. The van der Waals surface area contributed by atoms with Crippen LogP contribution in [-0.2, 0) is 33.3 Å². The highest BCUT2D eigenvalue weighted by Gasteiger charge is 2.52. The normalized spacial score (nSPS) is 23.3. The second kappa shape index (κ2) is 7.94. The van der Waals surface area contributed by atoms with Gasteiger partial charge in [0.1, 0.15) is 12.7 Å². The molecular formula is C15H16N4O11. The highest BCUT2D eigenvalue weighted by Crippen LogP contribution is 2.34. The maximum atomic E-state index is 12.5. The summed E-state index contributed by atoms with van der Waals surface area (Å²) < 4.78 is 26.0. The largest absolute Gasteiger partial charge is 0.463 e. The summed E-state index contributed by atoms with van der Waals surface area (Å²) in [5.74, 6) is -2.25. The molecule has 0 unspecified atom stereocenters. The average molecular weight is 428 g/mol. The zero-order valence-electron chi connectivity index (χ0n) is 15.8. The molecule has 1 aliphatic rings. The van der Waals surface area contributed by atoms with Crippen LogP contribution in [0.2, 0.25) is 0 Å². The summed E-state index contributed by atoms with van der Waals surface area (Å²) in [4.78, 5) is 60.5. The minimum atomic E-state index is -1.52. The van der Waals surface area contributed by atoms with Gasteiger partial charge in [0.15, 0.2) is 18.4 Å². The molecule has 162 valence electrons. The first-order valence-corrected chi connectivity index (χ1v) is 8.47. The van der Waals surface area contributed by atoms with Crippen molar-refractivity contribution in [3.8, 4) is 0 Å². The Kier molecular flexibility index (Phi) is 5.55. The van der Waals surface area contributed by atoms with Crippen molar-refractivity contribution in [2.45, 2.75) is 45.3 Å². The number of hydrogen-bond donors (Lipinski definition) is 1. The Morgan fingerprint density at radius 3 is 2.37 bits per heavy atom. The molecule has 1 aliphatic heterocycles. The number of esters is 3. The molecule has 15 heteroatoms. The molecule has 30 heavy (non-hydrogen) atoms. The van der Waals surface area contributed by atoms with Gasteiger partial charge in [-0.15, -0.1) is 0 Å². The highest BCUT2D eigenvalue weighted by atomic mass is 16.8. The van der Waals surface area contributed by atoms with Gasteiger partial charge < -0.3 is 24.2 Å². The van der Waals surface area contributed by atoms with E-state index in [9.17, 15) is 29.2 Å². The van der Waals surface area contributed by atoms with Crippen molar-refractivity contribution in [3.05, 3.63) is 26.0 Å². The summed E-state index contributed by atoms with van der Waals surface area (Å²) in [6, 6.07) is 0. The van der Waals surface area contributed by atoms with Crippen LogP contribution in [0.3, 0.4) is 0 Å². The minimum Gasteiger partial charge on any atom is -0.463 e. The van der Waals surface area contributed by atoms with E-state index in [0.29, 0.717) is 4.57 Å². The summed E-state index contributed by atoms with van der Waals surface area (Å²) in [6.07, 6.45) is -5.39. The standard InChI is InChI=1S/C15H16N4O11/c1-5(20)26-4-8-10(27-6(2)21)11(28-7(3)22)14(29-8)18-12-9(19(25)30-17-12)13(23)16-15(18)24/h8,10-11,14H,4H2,1-3H3,(H,16,23,24)/t8-,10+,11-,14-/m1/s1. The van der Waals surface area contributed by atoms with Crippen LogP contribution < -0.4 is 16.2 Å². The van der Waals surface area contributed by atoms with Crippen LogP contribution >= 0.6 is 0 Å². The first-order chi connectivity index (χ1) is 14.1. The number of aromatic nitrogens is 4. The van der Waals surface area contributed by atoms with Gasteiger partial charge >= 0.3 is 40.3 Å². The summed E-state index contributed by atoms with van der Waals surface area (Å²) in [7, 11) is 0. The van der Waals surface area contributed by atoms with Gasteiger partial charge in [0.25, 0.3) is 0 Å². The second-order valence-electron chi connectivity index (χ2n) is 6.25. The van der Waals surface area contributed by atoms with Gasteiger partial charge in [-0.3, -0.25) is 28.8 Å². The van der Waals surface area contributed by atoms with Gasteiger partial charge in [-0.2, -0.15) is 0 Å². The number of nitrogens with one attached hydrogen (secondary N) is 1. The molecule has 15 nitrogen and oxygen atoms in total. The number of nitrogens with zero attached hydrogens (tertiary/aromatic N) is 3. The van der Waals surface area contributed by atoms with Gasteiger partial charge in [0.2, 0.25) is 0 Å². The first kappa shape index (κ1) is 21.0. The third-order valence-electron chi connectivity index (χ3n) is 4.07. The lowest BCUT2D eigenvalue weighted by atomic mass is 10.1. The number of H-pyrrole nitrogens is 1. The lowest BCUT2D eigenvalue weighted by Gasteiger charge is -2.23. The van der Waals surface area contributed by atoms with E-state index in [-0.39, 0.29) is 4.90 Å². The lowest BCUT2D eigenvalue weighted by molar-refractivity contribution is -0.782. The van der Waals surface area contributed by atoms with Gasteiger partial charge in [0.05, 0.1) is 5.16 Å². The van der Waals surface area contributed by atoms with Crippen LogP contribution in [0.1, 0.15) is 27.0 Å². The second-order valence-corrected chi connectivity index (χ2v) is 6.25. The van der Waals surface area contributed by atoms with Gasteiger partial charge in [-0.05, 0) is 4.90 Å². The van der Waals surface area contributed by atoms with Crippen molar-refractivity contribution in [2.75, 3.05) is 6.61 Å². The van der Waals surface area contributed by atoms with Crippen molar-refractivity contribution >= 4 is 29.1 Å². The van der Waals surface area contributed by atoms with Crippen molar-refractivity contribution < 1.29 is 42.9 Å².